The molecule has 0 radical (unpaired) electrons. The molecule has 0 amide bonds. The standard InChI is InChI=1S/C15H13ClF2O/c1-9-3-2-4-12(15(9)18)14(19)8-10-7-11(17)5-6-13(10)16/h2-7,14,19H,8H2,1H3. The van der Waals surface area contributed by atoms with E-state index in [1.54, 1.807) is 19.1 Å². The predicted octanol–water partition coefficient (Wildman–Crippen LogP) is 4.20. The van der Waals surface area contributed by atoms with Gasteiger partial charge >= 0.3 is 0 Å². The first-order chi connectivity index (χ1) is 8.99. The number of halogens is 3. The van der Waals surface area contributed by atoms with Crippen molar-refractivity contribution in [2.45, 2.75) is 19.4 Å². The Hall–Kier alpha value is -1.45. The minimum atomic E-state index is -1.06. The van der Waals surface area contributed by atoms with E-state index in [9.17, 15) is 13.9 Å². The average molecular weight is 283 g/mol. The summed E-state index contributed by atoms with van der Waals surface area (Å²) < 4.78 is 27.0. The molecule has 0 heterocycles. The summed E-state index contributed by atoms with van der Waals surface area (Å²) in [7, 11) is 0. The SMILES string of the molecule is Cc1cccc(C(O)Cc2cc(F)ccc2Cl)c1F. The van der Waals surface area contributed by atoms with Gasteiger partial charge < -0.3 is 5.11 Å². The maximum absolute atomic E-state index is 13.9. The van der Waals surface area contributed by atoms with E-state index < -0.39 is 17.7 Å². The number of hydrogen-bond acceptors (Lipinski definition) is 1. The van der Waals surface area contributed by atoms with Crippen molar-refractivity contribution < 1.29 is 13.9 Å². The van der Waals surface area contributed by atoms with Crippen LogP contribution in [0, 0.1) is 18.6 Å². The Kier molecular flexibility index (Phi) is 4.17. The van der Waals surface area contributed by atoms with Crippen molar-refractivity contribution in [2.24, 2.45) is 0 Å². The molecular weight excluding hydrogens is 270 g/mol. The second-order valence-corrected chi connectivity index (χ2v) is 4.84. The molecule has 0 saturated heterocycles. The predicted molar refractivity (Wildman–Crippen MR) is 71.2 cm³/mol. The number of benzene rings is 2. The molecule has 0 saturated carbocycles. The van der Waals surface area contributed by atoms with Gasteiger partial charge in [0.25, 0.3) is 0 Å². The zero-order valence-corrected chi connectivity index (χ0v) is 11.1. The van der Waals surface area contributed by atoms with Crippen LogP contribution >= 0.6 is 11.6 Å². The van der Waals surface area contributed by atoms with E-state index in [1.165, 1.54) is 24.3 Å². The highest BCUT2D eigenvalue weighted by molar-refractivity contribution is 6.31. The van der Waals surface area contributed by atoms with Gasteiger partial charge in [0.05, 0.1) is 6.10 Å². The van der Waals surface area contributed by atoms with Gasteiger partial charge in [-0.1, -0.05) is 29.8 Å². The van der Waals surface area contributed by atoms with Gasteiger partial charge in [-0.3, -0.25) is 0 Å². The van der Waals surface area contributed by atoms with Crippen molar-refractivity contribution in [1.82, 2.24) is 0 Å². The van der Waals surface area contributed by atoms with E-state index in [0.717, 1.165) is 0 Å². The third-order valence-corrected chi connectivity index (χ3v) is 3.37. The molecule has 1 N–H and O–H groups in total. The van der Waals surface area contributed by atoms with Crippen LogP contribution in [0.4, 0.5) is 8.78 Å². The molecule has 0 bridgehead atoms. The number of aryl methyl sites for hydroxylation is 1. The van der Waals surface area contributed by atoms with Crippen molar-refractivity contribution in [1.29, 1.82) is 0 Å². The lowest BCUT2D eigenvalue weighted by Crippen LogP contribution is -2.06. The molecule has 1 atom stereocenters. The smallest absolute Gasteiger partial charge is 0.131 e. The Morgan fingerprint density at radius 1 is 1.21 bits per heavy atom. The van der Waals surface area contributed by atoms with E-state index in [2.05, 4.69) is 0 Å². The molecule has 1 nitrogen and oxygen atoms in total. The number of aliphatic hydroxyl groups excluding tert-OH is 1. The lowest BCUT2D eigenvalue weighted by Gasteiger charge is -2.14. The van der Waals surface area contributed by atoms with Crippen molar-refractivity contribution in [3.8, 4) is 0 Å². The summed E-state index contributed by atoms with van der Waals surface area (Å²) in [6.07, 6.45) is -0.990. The summed E-state index contributed by atoms with van der Waals surface area (Å²) >= 11 is 5.93. The fourth-order valence-corrected chi connectivity index (χ4v) is 2.14. The van der Waals surface area contributed by atoms with Gasteiger partial charge in [-0.05, 0) is 36.2 Å². The fourth-order valence-electron chi connectivity index (χ4n) is 1.95. The van der Waals surface area contributed by atoms with Crippen molar-refractivity contribution in [3.63, 3.8) is 0 Å². The third-order valence-electron chi connectivity index (χ3n) is 3.00. The second-order valence-electron chi connectivity index (χ2n) is 4.43. The highest BCUT2D eigenvalue weighted by Gasteiger charge is 2.16. The fraction of sp³-hybridized carbons (Fsp3) is 0.200. The molecule has 2 rings (SSSR count). The van der Waals surface area contributed by atoms with Crippen LogP contribution < -0.4 is 0 Å². The van der Waals surface area contributed by atoms with E-state index in [4.69, 9.17) is 11.6 Å². The minimum absolute atomic E-state index is 0.0664. The topological polar surface area (TPSA) is 20.2 Å². The monoisotopic (exact) mass is 282 g/mol. The van der Waals surface area contributed by atoms with Crippen LogP contribution in [-0.4, -0.2) is 5.11 Å². The number of aliphatic hydroxyl groups is 1. The molecular formula is C15H13ClF2O. The van der Waals surface area contributed by atoms with Crippen LogP contribution in [0.25, 0.3) is 0 Å². The van der Waals surface area contributed by atoms with E-state index >= 15 is 0 Å². The van der Waals surface area contributed by atoms with Crippen molar-refractivity contribution in [3.05, 3.63) is 69.7 Å². The number of hydrogen-bond donors (Lipinski definition) is 1. The molecule has 100 valence electrons. The largest absolute Gasteiger partial charge is 0.388 e. The molecule has 0 aliphatic rings. The van der Waals surface area contributed by atoms with Crippen LogP contribution in [0.15, 0.2) is 36.4 Å². The van der Waals surface area contributed by atoms with Gasteiger partial charge in [0, 0.05) is 17.0 Å². The lowest BCUT2D eigenvalue weighted by atomic mass is 9.99. The van der Waals surface area contributed by atoms with Crippen molar-refractivity contribution >= 4 is 11.6 Å². The molecule has 2 aromatic rings. The molecule has 0 fully saturated rings. The molecule has 1 unspecified atom stereocenters. The quantitative estimate of drug-likeness (QED) is 0.894. The van der Waals surface area contributed by atoms with Gasteiger partial charge in [0.15, 0.2) is 0 Å². The Balaban J connectivity index is 2.28. The molecule has 19 heavy (non-hydrogen) atoms. The van der Waals surface area contributed by atoms with Gasteiger partial charge in [-0.2, -0.15) is 0 Å². The average Bonchev–Trinajstić information content (AvgIpc) is 2.37. The zero-order chi connectivity index (χ0) is 14.0. The van der Waals surface area contributed by atoms with Crippen LogP contribution in [-0.2, 0) is 6.42 Å². The van der Waals surface area contributed by atoms with Gasteiger partial charge in [0.1, 0.15) is 11.6 Å². The Morgan fingerprint density at radius 3 is 2.68 bits per heavy atom. The highest BCUT2D eigenvalue weighted by Crippen LogP contribution is 2.26. The lowest BCUT2D eigenvalue weighted by molar-refractivity contribution is 0.173. The minimum Gasteiger partial charge on any atom is -0.388 e. The van der Waals surface area contributed by atoms with Crippen LogP contribution in [0.5, 0.6) is 0 Å². The van der Waals surface area contributed by atoms with Crippen LogP contribution in [0.3, 0.4) is 0 Å². The molecule has 0 aliphatic carbocycles. The highest BCUT2D eigenvalue weighted by atomic mass is 35.5. The maximum atomic E-state index is 13.9. The zero-order valence-electron chi connectivity index (χ0n) is 10.3. The van der Waals surface area contributed by atoms with Crippen molar-refractivity contribution in [2.75, 3.05) is 0 Å². The van der Waals surface area contributed by atoms with Gasteiger partial charge in [-0.15, -0.1) is 0 Å². The van der Waals surface area contributed by atoms with Gasteiger partial charge in [0.2, 0.25) is 0 Å². The third kappa shape index (κ3) is 3.11. The van der Waals surface area contributed by atoms with E-state index in [-0.39, 0.29) is 12.0 Å². The molecule has 0 spiro atoms. The summed E-state index contributed by atoms with van der Waals surface area (Å²) in [6.45, 7) is 1.63. The summed E-state index contributed by atoms with van der Waals surface area (Å²) in [5.74, 6) is -0.876. The molecule has 4 heteroatoms. The molecule has 0 aromatic heterocycles. The summed E-state index contributed by atoms with van der Waals surface area (Å²) in [6, 6.07) is 8.72. The second kappa shape index (κ2) is 5.68. The molecule has 0 aliphatic heterocycles. The Morgan fingerprint density at radius 2 is 1.95 bits per heavy atom. The van der Waals surface area contributed by atoms with E-state index in [0.29, 0.717) is 16.1 Å². The summed E-state index contributed by atoms with van der Waals surface area (Å²) in [5, 5.41) is 10.4. The van der Waals surface area contributed by atoms with Crippen LogP contribution in [0.2, 0.25) is 5.02 Å². The van der Waals surface area contributed by atoms with E-state index in [1.807, 2.05) is 0 Å². The van der Waals surface area contributed by atoms with Gasteiger partial charge in [-0.25, -0.2) is 8.78 Å². The number of rotatable bonds is 3. The normalized spacial score (nSPS) is 12.5. The first kappa shape index (κ1) is 14.0. The summed E-state index contributed by atoms with van der Waals surface area (Å²) in [5.41, 5.74) is 1.11. The Bertz CT molecular complexity index is 599. The van der Waals surface area contributed by atoms with Crippen LogP contribution in [0.1, 0.15) is 22.8 Å². The Labute approximate surface area is 115 Å². The first-order valence-electron chi connectivity index (χ1n) is 5.86. The first-order valence-corrected chi connectivity index (χ1v) is 6.24. The molecule has 2 aromatic carbocycles. The maximum Gasteiger partial charge on any atom is 0.131 e. The summed E-state index contributed by atoms with van der Waals surface area (Å²) in [4.78, 5) is 0.